The van der Waals surface area contributed by atoms with Crippen LogP contribution in [0.25, 0.3) is 11.3 Å². The second-order valence-corrected chi connectivity index (χ2v) is 9.56. The highest BCUT2D eigenvalue weighted by Crippen LogP contribution is 2.33. The molecule has 0 spiro atoms. The SMILES string of the molecule is CC(C)(O)C(CNC(=O)Cn1c(-c2ccccc2)ccc(N)c1=O)C(F)(F)C(=O)NCCc1ccccc1. The average molecular weight is 527 g/mol. The lowest BCUT2D eigenvalue weighted by Gasteiger charge is -2.34. The van der Waals surface area contributed by atoms with Crippen LogP contribution in [0.3, 0.4) is 0 Å². The Morgan fingerprint density at radius 2 is 1.58 bits per heavy atom. The quantitative estimate of drug-likeness (QED) is 0.306. The number of nitrogens with zero attached hydrogens (tertiary/aromatic N) is 1. The minimum Gasteiger partial charge on any atom is -0.394 e. The Morgan fingerprint density at radius 3 is 2.18 bits per heavy atom. The van der Waals surface area contributed by atoms with Gasteiger partial charge in [-0.1, -0.05) is 60.7 Å². The van der Waals surface area contributed by atoms with Crippen molar-refractivity contribution in [2.75, 3.05) is 18.8 Å². The maximum absolute atomic E-state index is 15.2. The maximum Gasteiger partial charge on any atom is 0.331 e. The van der Waals surface area contributed by atoms with Gasteiger partial charge in [0.05, 0.1) is 22.9 Å². The van der Waals surface area contributed by atoms with Crippen LogP contribution < -0.4 is 21.9 Å². The third-order valence-electron chi connectivity index (χ3n) is 6.21. The van der Waals surface area contributed by atoms with Gasteiger partial charge in [-0.15, -0.1) is 0 Å². The average Bonchev–Trinajstić information content (AvgIpc) is 2.87. The second kappa shape index (κ2) is 12.0. The van der Waals surface area contributed by atoms with E-state index in [1.807, 2.05) is 18.2 Å². The molecular weight excluding hydrogens is 494 g/mol. The van der Waals surface area contributed by atoms with Gasteiger partial charge >= 0.3 is 5.92 Å². The standard InChI is InChI=1S/C28H32F2N4O4/c1-27(2,38)23(28(29,30)26(37)32-16-15-19-9-5-3-6-10-19)17-33-24(35)18-34-22(14-13-21(31)25(34)36)20-11-7-4-8-12-20/h3-14,23,38H,15-18,31H2,1-2H3,(H,32,37)(H,33,35). The monoisotopic (exact) mass is 526 g/mol. The highest BCUT2D eigenvalue weighted by Gasteiger charge is 2.53. The Hall–Kier alpha value is -4.05. The van der Waals surface area contributed by atoms with E-state index >= 15 is 8.78 Å². The molecule has 5 N–H and O–H groups in total. The molecular formula is C28H32F2N4O4. The number of amides is 2. The Kier molecular flexibility index (Phi) is 9.00. The van der Waals surface area contributed by atoms with Gasteiger partial charge in [-0.25, -0.2) is 0 Å². The molecule has 2 amide bonds. The van der Waals surface area contributed by atoms with E-state index in [2.05, 4.69) is 10.6 Å². The molecule has 0 aliphatic heterocycles. The Labute approximate surface area is 219 Å². The van der Waals surface area contributed by atoms with Gasteiger partial charge in [0, 0.05) is 13.1 Å². The van der Waals surface area contributed by atoms with Crippen LogP contribution in [0, 0.1) is 5.92 Å². The molecule has 0 saturated carbocycles. The molecule has 0 bridgehead atoms. The number of nitrogen functional groups attached to an aromatic ring is 1. The summed E-state index contributed by atoms with van der Waals surface area (Å²) in [6.07, 6.45) is 0.352. The largest absolute Gasteiger partial charge is 0.394 e. The second-order valence-electron chi connectivity index (χ2n) is 9.56. The Morgan fingerprint density at radius 1 is 0.974 bits per heavy atom. The fourth-order valence-electron chi connectivity index (χ4n) is 4.09. The molecule has 0 aliphatic carbocycles. The van der Waals surface area contributed by atoms with E-state index in [4.69, 9.17) is 5.73 Å². The van der Waals surface area contributed by atoms with Gasteiger partial charge < -0.3 is 21.5 Å². The smallest absolute Gasteiger partial charge is 0.331 e. The van der Waals surface area contributed by atoms with Crippen LogP contribution >= 0.6 is 0 Å². The fourth-order valence-corrected chi connectivity index (χ4v) is 4.09. The molecule has 0 aliphatic rings. The van der Waals surface area contributed by atoms with Crippen LogP contribution in [0.15, 0.2) is 77.6 Å². The van der Waals surface area contributed by atoms with E-state index in [0.29, 0.717) is 17.7 Å². The van der Waals surface area contributed by atoms with Crippen molar-refractivity contribution in [2.45, 2.75) is 38.3 Å². The number of anilines is 1. The van der Waals surface area contributed by atoms with Crippen molar-refractivity contribution in [3.05, 3.63) is 88.7 Å². The number of carbonyl (C=O) groups is 2. The summed E-state index contributed by atoms with van der Waals surface area (Å²) in [7, 11) is 0. The summed E-state index contributed by atoms with van der Waals surface area (Å²) in [5.41, 5.74) is 4.99. The van der Waals surface area contributed by atoms with E-state index < -0.39 is 47.9 Å². The summed E-state index contributed by atoms with van der Waals surface area (Å²) in [6.45, 7) is 1.06. The molecule has 0 fully saturated rings. The molecule has 1 unspecified atom stereocenters. The molecule has 3 aromatic rings. The van der Waals surface area contributed by atoms with Crippen LogP contribution in [0.5, 0.6) is 0 Å². The molecule has 1 atom stereocenters. The van der Waals surface area contributed by atoms with E-state index in [0.717, 1.165) is 24.0 Å². The minimum atomic E-state index is -3.99. The third-order valence-corrected chi connectivity index (χ3v) is 6.21. The van der Waals surface area contributed by atoms with Gasteiger partial charge in [0.15, 0.2) is 0 Å². The lowest BCUT2D eigenvalue weighted by Crippen LogP contribution is -2.56. The normalized spacial score (nSPS) is 12.6. The maximum atomic E-state index is 15.2. The van der Waals surface area contributed by atoms with Crippen LogP contribution in [0.2, 0.25) is 0 Å². The predicted octanol–water partition coefficient (Wildman–Crippen LogP) is 2.59. The van der Waals surface area contributed by atoms with Crippen molar-refractivity contribution in [3.63, 3.8) is 0 Å². The van der Waals surface area contributed by atoms with Crippen molar-refractivity contribution in [3.8, 4) is 11.3 Å². The Balaban J connectivity index is 1.71. The van der Waals surface area contributed by atoms with Crippen molar-refractivity contribution >= 4 is 17.5 Å². The van der Waals surface area contributed by atoms with Gasteiger partial charge in [0.2, 0.25) is 5.91 Å². The molecule has 38 heavy (non-hydrogen) atoms. The molecule has 0 saturated heterocycles. The molecule has 10 heteroatoms. The molecule has 8 nitrogen and oxygen atoms in total. The van der Waals surface area contributed by atoms with Crippen molar-refractivity contribution in [2.24, 2.45) is 5.92 Å². The summed E-state index contributed by atoms with van der Waals surface area (Å²) in [5, 5.41) is 15.0. The third kappa shape index (κ3) is 7.04. The zero-order chi connectivity index (χ0) is 27.9. The summed E-state index contributed by atoms with van der Waals surface area (Å²) in [4.78, 5) is 37.9. The lowest BCUT2D eigenvalue weighted by atomic mass is 9.84. The molecule has 1 heterocycles. The first kappa shape index (κ1) is 28.5. The predicted molar refractivity (Wildman–Crippen MR) is 141 cm³/mol. The van der Waals surface area contributed by atoms with Gasteiger partial charge in [0.25, 0.3) is 11.5 Å². The first-order valence-corrected chi connectivity index (χ1v) is 12.1. The number of nitrogens with one attached hydrogen (secondary N) is 2. The Bertz CT molecular complexity index is 1310. The number of benzene rings is 2. The highest BCUT2D eigenvalue weighted by atomic mass is 19.3. The van der Waals surface area contributed by atoms with Gasteiger partial charge in [-0.3, -0.25) is 19.0 Å². The zero-order valence-corrected chi connectivity index (χ0v) is 21.3. The van der Waals surface area contributed by atoms with E-state index in [-0.39, 0.29) is 12.2 Å². The first-order valence-electron chi connectivity index (χ1n) is 12.1. The summed E-state index contributed by atoms with van der Waals surface area (Å²) >= 11 is 0. The number of pyridine rings is 1. The summed E-state index contributed by atoms with van der Waals surface area (Å²) in [6, 6.07) is 20.9. The molecule has 3 rings (SSSR count). The molecule has 1 aromatic heterocycles. The number of carbonyl (C=O) groups excluding carboxylic acids is 2. The van der Waals surface area contributed by atoms with E-state index in [9.17, 15) is 19.5 Å². The van der Waals surface area contributed by atoms with Crippen molar-refractivity contribution in [1.82, 2.24) is 15.2 Å². The number of nitrogens with two attached hydrogens (primary N) is 1. The number of hydrogen-bond acceptors (Lipinski definition) is 5. The van der Waals surface area contributed by atoms with Crippen LogP contribution in [0.1, 0.15) is 19.4 Å². The van der Waals surface area contributed by atoms with E-state index in [1.54, 1.807) is 48.5 Å². The van der Waals surface area contributed by atoms with E-state index in [1.165, 1.54) is 6.07 Å². The van der Waals surface area contributed by atoms with Crippen molar-refractivity contribution in [1.29, 1.82) is 0 Å². The number of halogens is 2. The van der Waals surface area contributed by atoms with Gasteiger partial charge in [-0.2, -0.15) is 8.78 Å². The molecule has 202 valence electrons. The lowest BCUT2D eigenvalue weighted by molar-refractivity contribution is -0.171. The number of rotatable bonds is 11. The number of alkyl halides is 2. The summed E-state index contributed by atoms with van der Waals surface area (Å²) < 4.78 is 31.5. The fraction of sp³-hybridized carbons (Fsp3) is 0.321. The van der Waals surface area contributed by atoms with Crippen LogP contribution in [-0.2, 0) is 22.6 Å². The topological polar surface area (TPSA) is 126 Å². The number of hydrogen-bond donors (Lipinski definition) is 4. The number of aromatic nitrogens is 1. The van der Waals surface area contributed by atoms with Crippen molar-refractivity contribution < 1.29 is 23.5 Å². The van der Waals surface area contributed by atoms with Crippen LogP contribution in [0.4, 0.5) is 14.5 Å². The highest BCUT2D eigenvalue weighted by molar-refractivity contribution is 5.84. The molecule has 2 aromatic carbocycles. The van der Waals surface area contributed by atoms with Gasteiger partial charge in [-0.05, 0) is 43.5 Å². The minimum absolute atomic E-state index is 0.0238. The van der Waals surface area contributed by atoms with Crippen LogP contribution in [-0.4, -0.2) is 46.1 Å². The molecule has 0 radical (unpaired) electrons. The zero-order valence-electron chi connectivity index (χ0n) is 21.3. The summed E-state index contributed by atoms with van der Waals surface area (Å²) in [5.74, 6) is -8.25. The number of aliphatic hydroxyl groups is 1. The first-order chi connectivity index (χ1) is 17.9. The van der Waals surface area contributed by atoms with Gasteiger partial charge in [0.1, 0.15) is 6.54 Å².